The van der Waals surface area contributed by atoms with Crippen LogP contribution in [0.5, 0.6) is 5.75 Å². The first-order valence-corrected chi connectivity index (χ1v) is 5.90. The number of aromatic hydroxyl groups is 1. The fourth-order valence-electron chi connectivity index (χ4n) is 2.52. The number of nitrogens with zero attached hydrogens (tertiary/aromatic N) is 1. The molecule has 3 heteroatoms. The van der Waals surface area contributed by atoms with Crippen LogP contribution in [0.4, 0.5) is 5.69 Å². The minimum atomic E-state index is 0.235. The van der Waals surface area contributed by atoms with E-state index in [-0.39, 0.29) is 6.61 Å². The Morgan fingerprint density at radius 3 is 3.00 bits per heavy atom. The van der Waals surface area contributed by atoms with Crippen LogP contribution in [-0.4, -0.2) is 29.4 Å². The number of benzene rings is 1. The summed E-state index contributed by atoms with van der Waals surface area (Å²) in [5.74, 6) is 0.354. The minimum Gasteiger partial charge on any atom is -0.508 e. The first-order valence-electron chi connectivity index (χ1n) is 5.90. The van der Waals surface area contributed by atoms with E-state index < -0.39 is 0 Å². The highest BCUT2D eigenvalue weighted by molar-refractivity contribution is 5.59. The number of aliphatic hydroxyl groups excluding tert-OH is 1. The fourth-order valence-corrected chi connectivity index (χ4v) is 2.52. The van der Waals surface area contributed by atoms with E-state index in [0.717, 1.165) is 30.6 Å². The molecule has 1 aromatic rings. The standard InChI is InChI=1S/C13H19NO2/c1-10-12(5-2-6-13(10)16)14-8-3-4-11(14)7-9-15/h2,5-6,11,15-16H,3-4,7-9H2,1H3. The smallest absolute Gasteiger partial charge is 0.120 e. The van der Waals surface area contributed by atoms with Crippen LogP contribution in [0.25, 0.3) is 0 Å². The summed E-state index contributed by atoms with van der Waals surface area (Å²) in [5, 5.41) is 18.7. The predicted octanol–water partition coefficient (Wildman–Crippen LogP) is 2.05. The molecule has 2 rings (SSSR count). The molecule has 1 fully saturated rings. The second-order valence-corrected chi connectivity index (χ2v) is 4.42. The zero-order valence-corrected chi connectivity index (χ0v) is 9.69. The summed E-state index contributed by atoms with van der Waals surface area (Å²) >= 11 is 0. The van der Waals surface area contributed by atoms with Gasteiger partial charge in [-0.05, 0) is 38.3 Å². The molecule has 1 saturated heterocycles. The van der Waals surface area contributed by atoms with Gasteiger partial charge in [0.1, 0.15) is 5.75 Å². The van der Waals surface area contributed by atoms with Crippen molar-refractivity contribution in [2.45, 2.75) is 32.2 Å². The molecule has 0 amide bonds. The zero-order chi connectivity index (χ0) is 11.5. The second-order valence-electron chi connectivity index (χ2n) is 4.42. The molecule has 0 aliphatic carbocycles. The molecule has 3 nitrogen and oxygen atoms in total. The van der Waals surface area contributed by atoms with Gasteiger partial charge in [0.05, 0.1) is 0 Å². The van der Waals surface area contributed by atoms with Crippen LogP contribution >= 0.6 is 0 Å². The maximum absolute atomic E-state index is 9.70. The molecule has 1 aromatic carbocycles. The van der Waals surface area contributed by atoms with Gasteiger partial charge in [0.2, 0.25) is 0 Å². The zero-order valence-electron chi connectivity index (χ0n) is 9.69. The molecule has 1 aliphatic rings. The average molecular weight is 221 g/mol. The summed E-state index contributed by atoms with van der Waals surface area (Å²) < 4.78 is 0. The van der Waals surface area contributed by atoms with E-state index in [1.54, 1.807) is 6.07 Å². The molecule has 1 unspecified atom stereocenters. The highest BCUT2D eigenvalue weighted by Crippen LogP contribution is 2.33. The van der Waals surface area contributed by atoms with Crippen LogP contribution in [0.15, 0.2) is 18.2 Å². The summed E-state index contributed by atoms with van der Waals surface area (Å²) in [5.41, 5.74) is 2.04. The van der Waals surface area contributed by atoms with Gasteiger partial charge in [-0.3, -0.25) is 0 Å². The Morgan fingerprint density at radius 2 is 2.25 bits per heavy atom. The predicted molar refractivity (Wildman–Crippen MR) is 64.9 cm³/mol. The fraction of sp³-hybridized carbons (Fsp3) is 0.538. The Morgan fingerprint density at radius 1 is 1.44 bits per heavy atom. The van der Waals surface area contributed by atoms with Crippen LogP contribution in [0.3, 0.4) is 0 Å². The molecule has 88 valence electrons. The molecule has 1 heterocycles. The number of aliphatic hydroxyl groups is 1. The largest absolute Gasteiger partial charge is 0.508 e. The Labute approximate surface area is 96.3 Å². The number of phenolic OH excluding ortho intramolecular Hbond substituents is 1. The summed E-state index contributed by atoms with van der Waals surface area (Å²) in [6.45, 7) is 3.20. The molecule has 0 saturated carbocycles. The van der Waals surface area contributed by atoms with Gasteiger partial charge in [-0.25, -0.2) is 0 Å². The molecule has 0 radical (unpaired) electrons. The van der Waals surface area contributed by atoms with Crippen LogP contribution in [0, 0.1) is 6.92 Å². The van der Waals surface area contributed by atoms with E-state index >= 15 is 0 Å². The Kier molecular flexibility index (Phi) is 3.34. The summed E-state index contributed by atoms with van der Waals surface area (Å²) in [6.07, 6.45) is 3.12. The topological polar surface area (TPSA) is 43.7 Å². The van der Waals surface area contributed by atoms with E-state index in [1.807, 2.05) is 19.1 Å². The third-order valence-corrected chi connectivity index (χ3v) is 3.43. The lowest BCUT2D eigenvalue weighted by molar-refractivity contribution is 0.276. The molecule has 0 aromatic heterocycles. The van der Waals surface area contributed by atoms with Gasteiger partial charge < -0.3 is 15.1 Å². The molecule has 1 aliphatic heterocycles. The quantitative estimate of drug-likeness (QED) is 0.821. The Hall–Kier alpha value is -1.22. The van der Waals surface area contributed by atoms with Gasteiger partial charge in [-0.15, -0.1) is 0 Å². The van der Waals surface area contributed by atoms with Crippen molar-refractivity contribution in [3.8, 4) is 5.75 Å². The Bertz CT molecular complexity index is 365. The van der Waals surface area contributed by atoms with Gasteiger partial charge in [0, 0.05) is 30.4 Å². The van der Waals surface area contributed by atoms with Gasteiger partial charge in [-0.1, -0.05) is 6.07 Å². The maximum atomic E-state index is 9.70. The first kappa shape index (κ1) is 11.3. The van der Waals surface area contributed by atoms with E-state index in [9.17, 15) is 5.11 Å². The summed E-state index contributed by atoms with van der Waals surface area (Å²) in [6, 6.07) is 6.07. The van der Waals surface area contributed by atoms with Gasteiger partial charge in [0.15, 0.2) is 0 Å². The van der Waals surface area contributed by atoms with Crippen molar-refractivity contribution < 1.29 is 10.2 Å². The molecular weight excluding hydrogens is 202 g/mol. The third-order valence-electron chi connectivity index (χ3n) is 3.43. The number of hydrogen-bond acceptors (Lipinski definition) is 3. The minimum absolute atomic E-state index is 0.235. The summed E-state index contributed by atoms with van der Waals surface area (Å²) in [7, 11) is 0. The van der Waals surface area contributed by atoms with Crippen molar-refractivity contribution in [1.29, 1.82) is 0 Å². The van der Waals surface area contributed by atoms with Crippen LogP contribution in [0.2, 0.25) is 0 Å². The first-order chi connectivity index (χ1) is 7.74. The monoisotopic (exact) mass is 221 g/mol. The van der Waals surface area contributed by atoms with Gasteiger partial charge in [0.25, 0.3) is 0 Å². The highest BCUT2D eigenvalue weighted by Gasteiger charge is 2.25. The normalized spacial score (nSPS) is 20.4. The van der Waals surface area contributed by atoms with Crippen molar-refractivity contribution in [3.63, 3.8) is 0 Å². The lowest BCUT2D eigenvalue weighted by atomic mass is 10.1. The van der Waals surface area contributed by atoms with Crippen molar-refractivity contribution >= 4 is 5.69 Å². The lowest BCUT2D eigenvalue weighted by Gasteiger charge is -2.28. The van der Waals surface area contributed by atoms with Crippen molar-refractivity contribution in [1.82, 2.24) is 0 Å². The Balaban J connectivity index is 2.25. The summed E-state index contributed by atoms with van der Waals surface area (Å²) in [4.78, 5) is 2.31. The molecular formula is C13H19NO2. The number of hydrogen-bond donors (Lipinski definition) is 2. The van der Waals surface area contributed by atoms with Gasteiger partial charge in [-0.2, -0.15) is 0 Å². The lowest BCUT2D eigenvalue weighted by Crippen LogP contribution is -2.30. The SMILES string of the molecule is Cc1c(O)cccc1N1CCCC1CCO. The second kappa shape index (κ2) is 4.74. The van der Waals surface area contributed by atoms with E-state index in [2.05, 4.69) is 4.90 Å². The molecule has 0 spiro atoms. The molecule has 0 bridgehead atoms. The maximum Gasteiger partial charge on any atom is 0.120 e. The average Bonchev–Trinajstić information content (AvgIpc) is 2.71. The van der Waals surface area contributed by atoms with Gasteiger partial charge >= 0.3 is 0 Å². The van der Waals surface area contributed by atoms with Crippen LogP contribution in [-0.2, 0) is 0 Å². The van der Waals surface area contributed by atoms with E-state index in [4.69, 9.17) is 5.11 Å². The number of anilines is 1. The van der Waals surface area contributed by atoms with Crippen LogP contribution < -0.4 is 4.90 Å². The number of phenols is 1. The van der Waals surface area contributed by atoms with E-state index in [1.165, 1.54) is 6.42 Å². The van der Waals surface area contributed by atoms with Crippen LogP contribution in [0.1, 0.15) is 24.8 Å². The highest BCUT2D eigenvalue weighted by atomic mass is 16.3. The van der Waals surface area contributed by atoms with Crippen molar-refractivity contribution in [2.24, 2.45) is 0 Å². The van der Waals surface area contributed by atoms with Crippen molar-refractivity contribution in [2.75, 3.05) is 18.1 Å². The molecule has 1 atom stereocenters. The van der Waals surface area contributed by atoms with Crippen molar-refractivity contribution in [3.05, 3.63) is 23.8 Å². The molecule has 16 heavy (non-hydrogen) atoms. The third kappa shape index (κ3) is 2.00. The molecule has 2 N–H and O–H groups in total. The number of rotatable bonds is 3. The van der Waals surface area contributed by atoms with E-state index in [0.29, 0.717) is 11.8 Å².